The van der Waals surface area contributed by atoms with E-state index in [1.54, 1.807) is 0 Å². The van der Waals surface area contributed by atoms with Gasteiger partial charge in [0.1, 0.15) is 5.82 Å². The zero-order chi connectivity index (χ0) is 23.5. The van der Waals surface area contributed by atoms with Gasteiger partial charge in [-0.25, -0.2) is 9.97 Å². The number of aromatic nitrogens is 3. The number of pyridine rings is 1. The molecule has 7 nitrogen and oxygen atoms in total. The molecule has 0 bridgehead atoms. The highest BCUT2D eigenvalue weighted by atomic mass is 19.4. The Balaban J connectivity index is 1.34. The second-order valence-corrected chi connectivity index (χ2v) is 9.98. The molecule has 2 aromatic heterocycles. The number of likely N-dealkylation sites (N-methyl/N-ethyl adjacent to an activating group) is 1. The number of rotatable bonds is 5. The normalized spacial score (nSPS) is 28.3. The highest BCUT2D eigenvalue weighted by Gasteiger charge is 2.58. The maximum absolute atomic E-state index is 12.7. The minimum Gasteiger partial charge on any atom is -0.402 e. The van der Waals surface area contributed by atoms with E-state index in [1.807, 2.05) is 6.20 Å². The number of fused-ring (bicyclic) bond motifs is 1. The summed E-state index contributed by atoms with van der Waals surface area (Å²) in [5.41, 5.74) is 6.65. The first kappa shape index (κ1) is 22.5. The van der Waals surface area contributed by atoms with Crippen LogP contribution in [0.5, 0.6) is 5.75 Å². The standard InChI is InChI=1S/C23H31F3N6O/c1-13(2)22-29-18(14-8-19(21(27)28-11-14)33-23(24,25)26)12-32(22)20-16-9-15(10-17(16)20)31-6-4-30(3)5-7-31/h8,11-13,15-17,20H,4-7,9-10H2,1-3H3,(H2,27,28)/t15?,16-,17+,20?. The first-order valence-electron chi connectivity index (χ1n) is 11.6. The Bertz CT molecular complexity index is 1000. The summed E-state index contributed by atoms with van der Waals surface area (Å²) >= 11 is 0. The van der Waals surface area contributed by atoms with Crippen LogP contribution in [0.25, 0.3) is 11.3 Å². The van der Waals surface area contributed by atoms with Crippen molar-refractivity contribution in [2.45, 2.75) is 51.1 Å². The fourth-order valence-corrected chi connectivity index (χ4v) is 5.69. The van der Waals surface area contributed by atoms with Crippen molar-refractivity contribution in [3.63, 3.8) is 0 Å². The Morgan fingerprint density at radius 3 is 2.39 bits per heavy atom. The van der Waals surface area contributed by atoms with E-state index in [1.165, 1.54) is 25.1 Å². The fraction of sp³-hybridized carbons (Fsp3) is 0.652. The molecule has 3 heterocycles. The Labute approximate surface area is 191 Å². The van der Waals surface area contributed by atoms with E-state index in [4.69, 9.17) is 10.7 Å². The van der Waals surface area contributed by atoms with Gasteiger partial charge in [0.15, 0.2) is 11.6 Å². The van der Waals surface area contributed by atoms with E-state index in [0.717, 1.165) is 32.0 Å². The summed E-state index contributed by atoms with van der Waals surface area (Å²) in [6, 6.07) is 2.35. The zero-order valence-corrected chi connectivity index (χ0v) is 19.2. The average molecular weight is 465 g/mol. The van der Waals surface area contributed by atoms with Crippen LogP contribution in [0.1, 0.15) is 44.5 Å². The third-order valence-corrected chi connectivity index (χ3v) is 7.43. The first-order valence-corrected chi connectivity index (χ1v) is 11.6. The van der Waals surface area contributed by atoms with Gasteiger partial charge in [-0.05, 0) is 37.8 Å². The van der Waals surface area contributed by atoms with Crippen molar-refractivity contribution in [2.75, 3.05) is 39.0 Å². The summed E-state index contributed by atoms with van der Waals surface area (Å²) in [7, 11) is 2.18. The summed E-state index contributed by atoms with van der Waals surface area (Å²) in [5, 5.41) is 0. The molecule has 2 aliphatic carbocycles. The van der Waals surface area contributed by atoms with E-state index in [2.05, 4.69) is 45.0 Å². The lowest BCUT2D eigenvalue weighted by Gasteiger charge is -2.37. The number of ether oxygens (including phenoxy) is 1. The molecule has 33 heavy (non-hydrogen) atoms. The van der Waals surface area contributed by atoms with Gasteiger partial charge in [0.2, 0.25) is 0 Å². The van der Waals surface area contributed by atoms with Gasteiger partial charge < -0.3 is 19.9 Å². The number of hydrogen-bond donors (Lipinski definition) is 1. The maximum atomic E-state index is 12.7. The van der Waals surface area contributed by atoms with Crippen LogP contribution in [0.2, 0.25) is 0 Å². The van der Waals surface area contributed by atoms with Crippen molar-refractivity contribution in [1.82, 2.24) is 24.3 Å². The van der Waals surface area contributed by atoms with E-state index < -0.39 is 12.1 Å². The van der Waals surface area contributed by atoms with E-state index in [-0.39, 0.29) is 11.7 Å². The second kappa shape index (κ2) is 8.16. The van der Waals surface area contributed by atoms with Crippen LogP contribution in [0.3, 0.4) is 0 Å². The molecule has 0 spiro atoms. The number of alkyl halides is 3. The lowest BCUT2D eigenvalue weighted by Crippen LogP contribution is -2.48. The highest BCUT2D eigenvalue weighted by Crippen LogP contribution is 2.62. The molecule has 0 amide bonds. The molecule has 3 fully saturated rings. The Hall–Kier alpha value is -2.33. The molecule has 180 valence electrons. The molecule has 0 radical (unpaired) electrons. The number of nitrogen functional groups attached to an aromatic ring is 1. The molecule has 2 N–H and O–H groups in total. The fourth-order valence-electron chi connectivity index (χ4n) is 5.69. The van der Waals surface area contributed by atoms with Gasteiger partial charge in [-0.1, -0.05) is 13.8 Å². The molecular formula is C23H31F3N6O. The SMILES string of the molecule is CC(C)c1nc(-c2cnc(N)c(OC(F)(F)F)c2)cn1C1[C@H]2CC(N3CCN(C)CC3)C[C@@H]12. The van der Waals surface area contributed by atoms with Crippen LogP contribution in [0.4, 0.5) is 19.0 Å². The third-order valence-electron chi connectivity index (χ3n) is 7.43. The molecule has 4 atom stereocenters. The van der Waals surface area contributed by atoms with Crippen LogP contribution in [-0.4, -0.2) is 70.0 Å². The van der Waals surface area contributed by atoms with Gasteiger partial charge in [0.25, 0.3) is 0 Å². The molecule has 2 saturated carbocycles. The minimum atomic E-state index is -4.83. The predicted octanol–water partition coefficient (Wildman–Crippen LogP) is 3.75. The van der Waals surface area contributed by atoms with Gasteiger partial charge in [-0.2, -0.15) is 0 Å². The topological polar surface area (TPSA) is 72.4 Å². The predicted molar refractivity (Wildman–Crippen MR) is 119 cm³/mol. The monoisotopic (exact) mass is 464 g/mol. The Morgan fingerprint density at radius 1 is 1.12 bits per heavy atom. The number of hydrogen-bond acceptors (Lipinski definition) is 6. The zero-order valence-electron chi connectivity index (χ0n) is 19.2. The van der Waals surface area contributed by atoms with Crippen LogP contribution in [0.15, 0.2) is 18.5 Å². The Morgan fingerprint density at radius 2 is 1.79 bits per heavy atom. The molecule has 2 aromatic rings. The molecule has 3 aliphatic rings. The lowest BCUT2D eigenvalue weighted by molar-refractivity contribution is -0.274. The van der Waals surface area contributed by atoms with Crippen LogP contribution < -0.4 is 10.5 Å². The molecule has 10 heteroatoms. The molecular weight excluding hydrogens is 433 g/mol. The van der Waals surface area contributed by atoms with Gasteiger partial charge in [0, 0.05) is 62.1 Å². The minimum absolute atomic E-state index is 0.196. The molecule has 0 aromatic carbocycles. The third kappa shape index (κ3) is 4.42. The number of nitrogens with two attached hydrogens (primary N) is 1. The summed E-state index contributed by atoms with van der Waals surface area (Å²) < 4.78 is 44.5. The summed E-state index contributed by atoms with van der Waals surface area (Å²) in [6.45, 7) is 8.73. The van der Waals surface area contributed by atoms with Gasteiger partial charge in [0.05, 0.1) is 5.69 Å². The molecule has 1 saturated heterocycles. The van der Waals surface area contributed by atoms with Crippen molar-refractivity contribution in [2.24, 2.45) is 11.8 Å². The van der Waals surface area contributed by atoms with Gasteiger partial charge in [-0.15, -0.1) is 13.2 Å². The second-order valence-electron chi connectivity index (χ2n) is 9.98. The summed E-state index contributed by atoms with van der Waals surface area (Å²) in [4.78, 5) is 13.7. The number of imidazole rings is 1. The average Bonchev–Trinajstić information content (AvgIpc) is 3.09. The van der Waals surface area contributed by atoms with E-state index in [0.29, 0.717) is 35.2 Å². The highest BCUT2D eigenvalue weighted by molar-refractivity contribution is 5.64. The quantitative estimate of drug-likeness (QED) is 0.727. The van der Waals surface area contributed by atoms with Crippen LogP contribution in [0, 0.1) is 11.8 Å². The van der Waals surface area contributed by atoms with Gasteiger partial charge in [-0.3, -0.25) is 4.90 Å². The largest absolute Gasteiger partial charge is 0.573 e. The van der Waals surface area contributed by atoms with Crippen LogP contribution in [-0.2, 0) is 0 Å². The Kier molecular flexibility index (Phi) is 5.55. The van der Waals surface area contributed by atoms with Crippen molar-refractivity contribution < 1.29 is 17.9 Å². The van der Waals surface area contributed by atoms with Crippen molar-refractivity contribution in [3.8, 4) is 17.0 Å². The first-order chi connectivity index (χ1) is 15.6. The number of nitrogens with zero attached hydrogens (tertiary/aromatic N) is 5. The van der Waals surface area contributed by atoms with Crippen molar-refractivity contribution in [1.29, 1.82) is 0 Å². The van der Waals surface area contributed by atoms with Crippen molar-refractivity contribution in [3.05, 3.63) is 24.3 Å². The summed E-state index contributed by atoms with van der Waals surface area (Å²) in [5.74, 6) is 1.63. The smallest absolute Gasteiger partial charge is 0.402 e. The maximum Gasteiger partial charge on any atom is 0.573 e. The van der Waals surface area contributed by atoms with E-state index in [9.17, 15) is 13.2 Å². The van der Waals surface area contributed by atoms with E-state index >= 15 is 0 Å². The molecule has 2 unspecified atom stereocenters. The lowest BCUT2D eigenvalue weighted by atomic mass is 10.1. The van der Waals surface area contributed by atoms with Crippen molar-refractivity contribution >= 4 is 5.82 Å². The number of piperazine rings is 1. The van der Waals surface area contributed by atoms with Crippen LogP contribution >= 0.6 is 0 Å². The molecule has 1 aliphatic heterocycles. The molecule has 5 rings (SSSR count). The number of halogens is 3. The summed E-state index contributed by atoms with van der Waals surface area (Å²) in [6.07, 6.45) is 0.997. The number of anilines is 1. The van der Waals surface area contributed by atoms with Gasteiger partial charge >= 0.3 is 6.36 Å².